The van der Waals surface area contributed by atoms with Crippen LogP contribution in [-0.4, -0.2) is 16.1 Å². The van der Waals surface area contributed by atoms with Crippen molar-refractivity contribution >= 4 is 5.91 Å². The number of hydrogen-bond donors (Lipinski definition) is 2. The van der Waals surface area contributed by atoms with Crippen LogP contribution in [0.25, 0.3) is 0 Å². The van der Waals surface area contributed by atoms with Gasteiger partial charge >= 0.3 is 0 Å². The molecule has 1 atom stereocenters. The van der Waals surface area contributed by atoms with E-state index in [2.05, 4.69) is 15.5 Å². The smallest absolute Gasteiger partial charge is 0.247 e. The van der Waals surface area contributed by atoms with Crippen molar-refractivity contribution in [3.8, 4) is 0 Å². The predicted octanol–water partition coefficient (Wildman–Crippen LogP) is 1.94. The predicted molar refractivity (Wildman–Crippen MR) is 59.2 cm³/mol. The third-order valence-electron chi connectivity index (χ3n) is 2.24. The van der Waals surface area contributed by atoms with Gasteiger partial charge in [-0.3, -0.25) is 9.89 Å². The van der Waals surface area contributed by atoms with Crippen LogP contribution in [0.4, 0.5) is 0 Å². The lowest BCUT2D eigenvalue weighted by molar-refractivity contribution is -0.118. The largest absolute Gasteiger partial charge is 0.346 e. The number of rotatable bonds is 4. The molecule has 15 heavy (non-hydrogen) atoms. The minimum Gasteiger partial charge on any atom is -0.346 e. The standard InChI is InChI=1S/C11H17N3O/c1-4-5-8(2)11(15)14-9(3)10-6-12-13-7-10/h5-7,9H,4H2,1-3H3,(H,12,13)(H,14,15)/b8-5-. The van der Waals surface area contributed by atoms with Gasteiger partial charge in [-0.1, -0.05) is 13.0 Å². The van der Waals surface area contributed by atoms with Gasteiger partial charge in [-0.25, -0.2) is 0 Å². The zero-order valence-electron chi connectivity index (χ0n) is 9.37. The SMILES string of the molecule is CC/C=C(/C)C(=O)NC(C)c1cn[nH]c1. The number of nitrogens with zero attached hydrogens (tertiary/aromatic N) is 1. The number of H-pyrrole nitrogens is 1. The van der Waals surface area contributed by atoms with Gasteiger partial charge in [-0.15, -0.1) is 0 Å². The van der Waals surface area contributed by atoms with Crippen LogP contribution in [0.5, 0.6) is 0 Å². The molecule has 1 aromatic rings. The molecule has 0 aliphatic heterocycles. The third kappa shape index (κ3) is 3.23. The Bertz CT molecular complexity index is 341. The molecule has 0 spiro atoms. The van der Waals surface area contributed by atoms with Crippen molar-refractivity contribution < 1.29 is 4.79 Å². The van der Waals surface area contributed by atoms with E-state index in [-0.39, 0.29) is 11.9 Å². The van der Waals surface area contributed by atoms with E-state index in [9.17, 15) is 4.79 Å². The van der Waals surface area contributed by atoms with Crippen molar-refractivity contribution in [2.75, 3.05) is 0 Å². The molecule has 1 heterocycles. The van der Waals surface area contributed by atoms with Gasteiger partial charge in [0.25, 0.3) is 0 Å². The highest BCUT2D eigenvalue weighted by molar-refractivity contribution is 5.92. The van der Waals surface area contributed by atoms with E-state index >= 15 is 0 Å². The second-order valence-electron chi connectivity index (χ2n) is 3.52. The summed E-state index contributed by atoms with van der Waals surface area (Å²) in [5.74, 6) is -0.0226. The maximum Gasteiger partial charge on any atom is 0.247 e. The Morgan fingerprint density at radius 1 is 1.73 bits per heavy atom. The van der Waals surface area contributed by atoms with Crippen LogP contribution in [0.1, 0.15) is 38.8 Å². The summed E-state index contributed by atoms with van der Waals surface area (Å²) in [6.07, 6.45) is 6.28. The van der Waals surface area contributed by atoms with E-state index in [1.54, 1.807) is 12.4 Å². The summed E-state index contributed by atoms with van der Waals surface area (Å²) < 4.78 is 0. The van der Waals surface area contributed by atoms with Gasteiger partial charge in [-0.2, -0.15) is 5.10 Å². The van der Waals surface area contributed by atoms with Gasteiger partial charge in [0.05, 0.1) is 12.2 Å². The first-order valence-corrected chi connectivity index (χ1v) is 5.11. The molecule has 82 valence electrons. The van der Waals surface area contributed by atoms with Gasteiger partial charge in [0.1, 0.15) is 0 Å². The summed E-state index contributed by atoms with van der Waals surface area (Å²) in [6, 6.07) is -0.0172. The summed E-state index contributed by atoms with van der Waals surface area (Å²) in [5.41, 5.74) is 1.74. The minimum absolute atomic E-state index is 0.0172. The molecule has 0 radical (unpaired) electrons. The van der Waals surface area contributed by atoms with Crippen LogP contribution >= 0.6 is 0 Å². The van der Waals surface area contributed by atoms with Crippen LogP contribution in [0.15, 0.2) is 24.0 Å². The Hall–Kier alpha value is -1.58. The van der Waals surface area contributed by atoms with Crippen LogP contribution < -0.4 is 5.32 Å². The number of nitrogens with one attached hydrogen (secondary N) is 2. The number of carbonyl (C=O) groups is 1. The minimum atomic E-state index is -0.0226. The van der Waals surface area contributed by atoms with Gasteiger partial charge < -0.3 is 5.32 Å². The van der Waals surface area contributed by atoms with Crippen molar-refractivity contribution in [2.45, 2.75) is 33.2 Å². The lowest BCUT2D eigenvalue weighted by Gasteiger charge is -2.11. The van der Waals surface area contributed by atoms with Gasteiger partial charge in [-0.05, 0) is 20.3 Å². The van der Waals surface area contributed by atoms with Crippen molar-refractivity contribution in [2.24, 2.45) is 0 Å². The number of hydrogen-bond acceptors (Lipinski definition) is 2. The fraction of sp³-hybridized carbons (Fsp3) is 0.455. The number of carbonyl (C=O) groups excluding carboxylic acids is 1. The fourth-order valence-electron chi connectivity index (χ4n) is 1.29. The molecule has 0 saturated heterocycles. The lowest BCUT2D eigenvalue weighted by Crippen LogP contribution is -2.27. The molecule has 1 aromatic heterocycles. The van der Waals surface area contributed by atoms with E-state index < -0.39 is 0 Å². The summed E-state index contributed by atoms with van der Waals surface area (Å²) >= 11 is 0. The Kier molecular flexibility index (Phi) is 4.09. The lowest BCUT2D eigenvalue weighted by atomic mass is 10.1. The number of aromatic nitrogens is 2. The quantitative estimate of drug-likeness (QED) is 0.741. The molecule has 1 amide bonds. The van der Waals surface area contributed by atoms with E-state index in [1.807, 2.05) is 26.8 Å². The first-order chi connectivity index (χ1) is 7.15. The first-order valence-electron chi connectivity index (χ1n) is 5.11. The molecular formula is C11H17N3O. The molecule has 1 rings (SSSR count). The van der Waals surface area contributed by atoms with Gasteiger partial charge in [0.2, 0.25) is 5.91 Å². The number of allylic oxidation sites excluding steroid dienone is 1. The number of aromatic amines is 1. The topological polar surface area (TPSA) is 57.8 Å². The summed E-state index contributed by atoms with van der Waals surface area (Å²) in [7, 11) is 0. The molecule has 0 saturated carbocycles. The third-order valence-corrected chi connectivity index (χ3v) is 2.24. The second kappa shape index (κ2) is 5.34. The average molecular weight is 207 g/mol. The van der Waals surface area contributed by atoms with Gasteiger partial charge in [0.15, 0.2) is 0 Å². The zero-order chi connectivity index (χ0) is 11.3. The molecule has 1 unspecified atom stereocenters. The van der Waals surface area contributed by atoms with Crippen LogP contribution in [0, 0.1) is 0 Å². The molecule has 0 bridgehead atoms. The molecule has 0 aliphatic carbocycles. The molecular weight excluding hydrogens is 190 g/mol. The van der Waals surface area contributed by atoms with E-state index in [1.165, 1.54) is 0 Å². The van der Waals surface area contributed by atoms with Crippen LogP contribution in [-0.2, 0) is 4.79 Å². The van der Waals surface area contributed by atoms with Crippen molar-refractivity contribution in [3.05, 3.63) is 29.6 Å². The Morgan fingerprint density at radius 3 is 3.00 bits per heavy atom. The molecule has 4 nitrogen and oxygen atoms in total. The Morgan fingerprint density at radius 2 is 2.47 bits per heavy atom. The van der Waals surface area contributed by atoms with Crippen LogP contribution in [0.2, 0.25) is 0 Å². The molecule has 0 fully saturated rings. The van der Waals surface area contributed by atoms with E-state index in [0.717, 1.165) is 17.6 Å². The summed E-state index contributed by atoms with van der Waals surface area (Å²) in [4.78, 5) is 11.6. The number of amides is 1. The van der Waals surface area contributed by atoms with E-state index in [0.29, 0.717) is 0 Å². The Balaban J connectivity index is 2.56. The highest BCUT2D eigenvalue weighted by atomic mass is 16.1. The van der Waals surface area contributed by atoms with Crippen molar-refractivity contribution in [1.82, 2.24) is 15.5 Å². The molecule has 0 aliphatic rings. The second-order valence-corrected chi connectivity index (χ2v) is 3.52. The Labute approximate surface area is 89.8 Å². The molecule has 4 heteroatoms. The zero-order valence-corrected chi connectivity index (χ0v) is 9.37. The highest BCUT2D eigenvalue weighted by Gasteiger charge is 2.10. The van der Waals surface area contributed by atoms with Crippen molar-refractivity contribution in [1.29, 1.82) is 0 Å². The maximum atomic E-state index is 11.6. The molecule has 0 aromatic carbocycles. The molecule has 2 N–H and O–H groups in total. The highest BCUT2D eigenvalue weighted by Crippen LogP contribution is 2.10. The maximum absolute atomic E-state index is 11.6. The monoisotopic (exact) mass is 207 g/mol. The summed E-state index contributed by atoms with van der Waals surface area (Å²) in [5, 5.41) is 9.46. The van der Waals surface area contributed by atoms with Crippen molar-refractivity contribution in [3.63, 3.8) is 0 Å². The van der Waals surface area contributed by atoms with E-state index in [4.69, 9.17) is 0 Å². The normalized spacial score (nSPS) is 13.7. The summed E-state index contributed by atoms with van der Waals surface area (Å²) in [6.45, 7) is 5.76. The van der Waals surface area contributed by atoms with Crippen LogP contribution in [0.3, 0.4) is 0 Å². The average Bonchev–Trinajstić information content (AvgIpc) is 2.70. The fourth-order valence-corrected chi connectivity index (χ4v) is 1.29. The first kappa shape index (κ1) is 11.5. The van der Waals surface area contributed by atoms with Gasteiger partial charge in [0, 0.05) is 17.3 Å².